The Morgan fingerprint density at radius 2 is 2.12 bits per heavy atom. The standard InChI is InChI=1S/C7H14N/c1-8-6-4-2-3-5-7-8/h6H,2-5,7H2,1H3/q+1. The van der Waals surface area contributed by atoms with Crippen LogP contribution >= 0.6 is 0 Å². The van der Waals surface area contributed by atoms with E-state index in [1.54, 1.807) is 0 Å². The van der Waals surface area contributed by atoms with Gasteiger partial charge in [-0.1, -0.05) is 0 Å². The average molecular weight is 112 g/mol. The van der Waals surface area contributed by atoms with Crippen molar-refractivity contribution in [3.05, 3.63) is 0 Å². The van der Waals surface area contributed by atoms with Gasteiger partial charge in [0, 0.05) is 12.8 Å². The molecule has 1 aliphatic rings. The second kappa shape index (κ2) is 2.85. The van der Waals surface area contributed by atoms with E-state index < -0.39 is 0 Å². The summed E-state index contributed by atoms with van der Waals surface area (Å²) in [6.45, 7) is 1.26. The maximum atomic E-state index is 2.30. The van der Waals surface area contributed by atoms with Crippen LogP contribution in [0.1, 0.15) is 25.7 Å². The second-order valence-corrected chi connectivity index (χ2v) is 2.51. The first-order valence-electron chi connectivity index (χ1n) is 3.43. The van der Waals surface area contributed by atoms with E-state index in [1.807, 2.05) is 0 Å². The number of nitrogens with zero attached hydrogens (tertiary/aromatic N) is 1. The van der Waals surface area contributed by atoms with Crippen molar-refractivity contribution in [2.75, 3.05) is 13.6 Å². The Balaban J connectivity index is 2.36. The van der Waals surface area contributed by atoms with Crippen molar-refractivity contribution in [2.24, 2.45) is 0 Å². The maximum absolute atomic E-state index is 2.30. The van der Waals surface area contributed by atoms with Gasteiger partial charge in [0.25, 0.3) is 0 Å². The molecule has 46 valence electrons. The Kier molecular flexibility index (Phi) is 2.07. The minimum atomic E-state index is 1.26. The van der Waals surface area contributed by atoms with E-state index >= 15 is 0 Å². The molecule has 0 amide bonds. The minimum absolute atomic E-state index is 1.26. The molecule has 0 N–H and O–H groups in total. The topological polar surface area (TPSA) is 3.01 Å². The van der Waals surface area contributed by atoms with Crippen LogP contribution in [-0.4, -0.2) is 24.4 Å². The molecule has 0 radical (unpaired) electrons. The maximum Gasteiger partial charge on any atom is 0.142 e. The molecule has 0 aromatic carbocycles. The summed E-state index contributed by atoms with van der Waals surface area (Å²) in [4.78, 5) is 0. The van der Waals surface area contributed by atoms with Gasteiger partial charge in [-0.15, -0.1) is 0 Å². The molecular weight excluding hydrogens is 98.1 g/mol. The van der Waals surface area contributed by atoms with Gasteiger partial charge >= 0.3 is 0 Å². The lowest BCUT2D eigenvalue weighted by Crippen LogP contribution is -2.05. The molecule has 0 aromatic heterocycles. The summed E-state index contributed by atoms with van der Waals surface area (Å²) in [5.41, 5.74) is 0. The molecule has 1 rings (SSSR count). The summed E-state index contributed by atoms with van der Waals surface area (Å²) in [7, 11) is 2.16. The predicted octanol–water partition coefficient (Wildman–Crippen LogP) is 1.27. The van der Waals surface area contributed by atoms with Crippen LogP contribution in [0.4, 0.5) is 0 Å². The number of rotatable bonds is 0. The third-order valence-electron chi connectivity index (χ3n) is 1.66. The molecule has 8 heavy (non-hydrogen) atoms. The minimum Gasteiger partial charge on any atom is -0.242 e. The molecule has 0 saturated heterocycles. The lowest BCUT2D eigenvalue weighted by atomic mass is 10.2. The molecule has 1 heteroatoms. The van der Waals surface area contributed by atoms with Crippen molar-refractivity contribution in [1.29, 1.82) is 0 Å². The van der Waals surface area contributed by atoms with Gasteiger partial charge in [-0.25, -0.2) is 4.58 Å². The highest BCUT2D eigenvalue weighted by atomic mass is 14.9. The van der Waals surface area contributed by atoms with Crippen LogP contribution in [0.15, 0.2) is 0 Å². The van der Waals surface area contributed by atoms with E-state index in [4.69, 9.17) is 0 Å². The van der Waals surface area contributed by atoms with E-state index in [2.05, 4.69) is 17.8 Å². The predicted molar refractivity (Wildman–Crippen MR) is 35.6 cm³/mol. The quantitative estimate of drug-likeness (QED) is 0.415. The van der Waals surface area contributed by atoms with Crippen LogP contribution in [0.3, 0.4) is 0 Å². The zero-order valence-corrected chi connectivity index (χ0v) is 5.56. The fourth-order valence-electron chi connectivity index (χ4n) is 1.09. The fourth-order valence-corrected chi connectivity index (χ4v) is 1.09. The van der Waals surface area contributed by atoms with Crippen LogP contribution < -0.4 is 0 Å². The lowest BCUT2D eigenvalue weighted by molar-refractivity contribution is -0.492. The van der Waals surface area contributed by atoms with Gasteiger partial charge in [-0.3, -0.25) is 0 Å². The van der Waals surface area contributed by atoms with E-state index in [9.17, 15) is 0 Å². The van der Waals surface area contributed by atoms with E-state index in [0.717, 1.165) is 0 Å². The highest BCUT2D eigenvalue weighted by molar-refractivity contribution is 5.50. The van der Waals surface area contributed by atoms with Crippen LogP contribution in [0.2, 0.25) is 0 Å². The summed E-state index contributed by atoms with van der Waals surface area (Å²) in [5.74, 6) is 0. The number of hydrogen-bond acceptors (Lipinski definition) is 0. The van der Waals surface area contributed by atoms with Crippen LogP contribution in [0, 0.1) is 0 Å². The molecule has 0 atom stereocenters. The monoisotopic (exact) mass is 112 g/mol. The summed E-state index contributed by atoms with van der Waals surface area (Å²) in [5, 5.41) is 0. The van der Waals surface area contributed by atoms with Crippen molar-refractivity contribution in [3.8, 4) is 0 Å². The summed E-state index contributed by atoms with van der Waals surface area (Å²) >= 11 is 0. The van der Waals surface area contributed by atoms with E-state index in [1.165, 1.54) is 32.2 Å². The lowest BCUT2D eigenvalue weighted by Gasteiger charge is -1.88. The van der Waals surface area contributed by atoms with Gasteiger partial charge in [-0.05, 0) is 12.8 Å². The Bertz CT molecular complexity index is 94.6. The van der Waals surface area contributed by atoms with Gasteiger partial charge in [0.1, 0.15) is 19.8 Å². The van der Waals surface area contributed by atoms with Crippen molar-refractivity contribution in [1.82, 2.24) is 0 Å². The molecular formula is C7H14N+. The van der Waals surface area contributed by atoms with Gasteiger partial charge in [0.15, 0.2) is 0 Å². The van der Waals surface area contributed by atoms with E-state index in [0.29, 0.717) is 0 Å². The molecule has 1 nitrogen and oxygen atoms in total. The molecule has 0 aromatic rings. The summed E-state index contributed by atoms with van der Waals surface area (Å²) < 4.78 is 2.30. The van der Waals surface area contributed by atoms with Gasteiger partial charge in [0.2, 0.25) is 0 Å². The Morgan fingerprint density at radius 3 is 3.00 bits per heavy atom. The first-order valence-corrected chi connectivity index (χ1v) is 3.43. The normalized spacial score (nSPS) is 21.9. The fraction of sp³-hybridized carbons (Fsp3) is 0.857. The zero-order chi connectivity index (χ0) is 5.82. The second-order valence-electron chi connectivity index (χ2n) is 2.51. The van der Waals surface area contributed by atoms with Crippen LogP contribution in [-0.2, 0) is 0 Å². The van der Waals surface area contributed by atoms with Crippen LogP contribution in [0.5, 0.6) is 0 Å². The summed E-state index contributed by atoms with van der Waals surface area (Å²) in [6, 6.07) is 0. The largest absolute Gasteiger partial charge is 0.242 e. The zero-order valence-electron chi connectivity index (χ0n) is 5.56. The highest BCUT2D eigenvalue weighted by Gasteiger charge is 2.00. The van der Waals surface area contributed by atoms with Crippen molar-refractivity contribution >= 4 is 6.21 Å². The molecule has 1 aliphatic heterocycles. The Hall–Kier alpha value is -0.330. The Morgan fingerprint density at radius 1 is 1.25 bits per heavy atom. The van der Waals surface area contributed by atoms with Crippen molar-refractivity contribution < 1.29 is 4.58 Å². The van der Waals surface area contributed by atoms with Crippen LogP contribution in [0.25, 0.3) is 0 Å². The molecule has 0 unspecified atom stereocenters. The summed E-state index contributed by atoms with van der Waals surface area (Å²) in [6.07, 6.45) is 7.78. The first-order chi connectivity index (χ1) is 3.89. The average Bonchev–Trinajstić information content (AvgIpc) is 1.94. The highest BCUT2D eigenvalue weighted by Crippen LogP contribution is 2.00. The SMILES string of the molecule is C[N+]1=CCCCCC1. The van der Waals surface area contributed by atoms with Gasteiger partial charge in [-0.2, -0.15) is 0 Å². The van der Waals surface area contributed by atoms with Gasteiger partial charge in [0.05, 0.1) is 0 Å². The smallest absolute Gasteiger partial charge is 0.142 e. The third-order valence-corrected chi connectivity index (χ3v) is 1.66. The van der Waals surface area contributed by atoms with E-state index in [-0.39, 0.29) is 0 Å². The first kappa shape index (κ1) is 5.80. The third kappa shape index (κ3) is 1.65. The van der Waals surface area contributed by atoms with Crippen molar-refractivity contribution in [3.63, 3.8) is 0 Å². The molecule has 0 bridgehead atoms. The molecule has 0 fully saturated rings. The van der Waals surface area contributed by atoms with Gasteiger partial charge < -0.3 is 0 Å². The molecule has 0 spiro atoms. The number of hydrogen-bond donors (Lipinski definition) is 0. The Labute approximate surface area is 51.0 Å². The molecule has 1 heterocycles. The molecule has 0 aliphatic carbocycles. The molecule has 0 saturated carbocycles. The van der Waals surface area contributed by atoms with Crippen molar-refractivity contribution in [2.45, 2.75) is 25.7 Å².